The molecule has 0 aliphatic heterocycles. The molecule has 1 aromatic heterocycles. The fourth-order valence-corrected chi connectivity index (χ4v) is 2.08. The second-order valence-electron chi connectivity index (χ2n) is 4.36. The van der Waals surface area contributed by atoms with E-state index in [9.17, 15) is 9.90 Å². The first-order chi connectivity index (χ1) is 9.60. The third-order valence-electron chi connectivity index (χ3n) is 3.02. The second kappa shape index (κ2) is 6.15. The number of benzene rings is 1. The van der Waals surface area contributed by atoms with Crippen LogP contribution < -0.4 is 15.0 Å². The summed E-state index contributed by atoms with van der Waals surface area (Å²) in [4.78, 5) is 12.2. The van der Waals surface area contributed by atoms with Gasteiger partial charge in [-0.1, -0.05) is 12.1 Å². The maximum atomic E-state index is 12.2. The lowest BCUT2D eigenvalue weighted by Crippen LogP contribution is -2.23. The van der Waals surface area contributed by atoms with Crippen molar-refractivity contribution in [3.63, 3.8) is 0 Å². The number of ether oxygens (including phenoxy) is 2. The first kappa shape index (κ1) is 14.7. The molecule has 0 aliphatic carbocycles. The van der Waals surface area contributed by atoms with Crippen LogP contribution in [-0.2, 0) is 7.05 Å². The van der Waals surface area contributed by atoms with Crippen LogP contribution in [-0.4, -0.2) is 35.4 Å². The van der Waals surface area contributed by atoms with Gasteiger partial charge >= 0.3 is 0 Å². The zero-order chi connectivity index (χ0) is 14.7. The van der Waals surface area contributed by atoms with E-state index in [1.807, 2.05) is 24.3 Å². The van der Waals surface area contributed by atoms with Crippen LogP contribution in [0.15, 0.2) is 29.1 Å². The number of halogens is 1. The van der Waals surface area contributed by atoms with Crippen LogP contribution in [0.4, 0.5) is 0 Å². The van der Waals surface area contributed by atoms with Gasteiger partial charge in [-0.25, -0.2) is 0 Å². The fourth-order valence-electron chi connectivity index (χ4n) is 1.99. The van der Waals surface area contributed by atoms with Crippen LogP contribution in [0.25, 0.3) is 10.9 Å². The lowest BCUT2D eigenvalue weighted by molar-refractivity contribution is 0.124. The number of rotatable bonds is 5. The number of para-hydroxylation sites is 1. The molecule has 0 bridgehead atoms. The van der Waals surface area contributed by atoms with Crippen LogP contribution in [0.2, 0.25) is 0 Å². The summed E-state index contributed by atoms with van der Waals surface area (Å²) in [7, 11) is 3.08. The Morgan fingerprint density at radius 2 is 2.05 bits per heavy atom. The molecule has 0 fully saturated rings. The fraction of sp³-hybridized carbons (Fsp3) is 0.357. The molecule has 0 aliphatic rings. The van der Waals surface area contributed by atoms with E-state index in [1.54, 1.807) is 7.05 Å². The third-order valence-corrected chi connectivity index (χ3v) is 3.37. The summed E-state index contributed by atoms with van der Waals surface area (Å²) in [5.74, 6) is 0.508. The van der Waals surface area contributed by atoms with Crippen LogP contribution in [0, 0.1) is 0 Å². The van der Waals surface area contributed by atoms with Gasteiger partial charge in [-0.3, -0.25) is 4.79 Å². The Balaban J connectivity index is 2.61. The largest absolute Gasteiger partial charge is 0.488 e. The third kappa shape index (κ3) is 2.59. The molecule has 0 saturated heterocycles. The molecule has 1 heterocycles. The van der Waals surface area contributed by atoms with E-state index in [2.05, 4.69) is 0 Å². The van der Waals surface area contributed by atoms with Gasteiger partial charge in [0.15, 0.2) is 5.75 Å². The SMILES string of the molecule is COc1c(OCC(O)CCl)c2ccccc2n(C)c1=O. The van der Waals surface area contributed by atoms with Crippen LogP contribution in [0.1, 0.15) is 0 Å². The predicted molar refractivity (Wildman–Crippen MR) is 78.0 cm³/mol. The molecule has 0 amide bonds. The van der Waals surface area contributed by atoms with Crippen molar-refractivity contribution in [1.82, 2.24) is 4.57 Å². The molecule has 0 spiro atoms. The van der Waals surface area contributed by atoms with E-state index in [0.29, 0.717) is 5.75 Å². The highest BCUT2D eigenvalue weighted by Gasteiger charge is 2.18. The summed E-state index contributed by atoms with van der Waals surface area (Å²) in [5.41, 5.74) is 0.440. The normalized spacial score (nSPS) is 12.4. The topological polar surface area (TPSA) is 60.7 Å². The van der Waals surface area contributed by atoms with Crippen molar-refractivity contribution >= 4 is 22.5 Å². The van der Waals surface area contributed by atoms with E-state index >= 15 is 0 Å². The van der Waals surface area contributed by atoms with Gasteiger partial charge in [-0.15, -0.1) is 11.6 Å². The first-order valence-corrected chi connectivity index (χ1v) is 6.66. The number of nitrogens with zero attached hydrogens (tertiary/aromatic N) is 1. The Morgan fingerprint density at radius 1 is 1.35 bits per heavy atom. The predicted octanol–water partition coefficient (Wildman–Crippen LogP) is 1.53. The number of hydrogen-bond donors (Lipinski definition) is 1. The van der Waals surface area contributed by atoms with Crippen molar-refractivity contribution in [2.24, 2.45) is 7.05 Å². The summed E-state index contributed by atoms with van der Waals surface area (Å²) in [6.45, 7) is -0.00295. The Morgan fingerprint density at radius 3 is 2.70 bits per heavy atom. The smallest absolute Gasteiger partial charge is 0.297 e. The van der Waals surface area contributed by atoms with E-state index in [0.717, 1.165) is 10.9 Å². The number of methoxy groups -OCH3 is 1. The van der Waals surface area contributed by atoms with Crippen molar-refractivity contribution in [2.75, 3.05) is 19.6 Å². The molecular weight excluding hydrogens is 282 g/mol. The average Bonchev–Trinajstić information content (AvgIpc) is 2.49. The molecule has 0 saturated carbocycles. The van der Waals surface area contributed by atoms with Crippen LogP contribution in [0.3, 0.4) is 0 Å². The van der Waals surface area contributed by atoms with Crippen molar-refractivity contribution in [1.29, 1.82) is 0 Å². The molecule has 1 aromatic carbocycles. The molecule has 1 atom stereocenters. The minimum atomic E-state index is -0.802. The van der Waals surface area contributed by atoms with Gasteiger partial charge in [0.25, 0.3) is 5.56 Å². The number of aryl methyl sites for hydroxylation is 1. The zero-order valence-corrected chi connectivity index (χ0v) is 12.1. The maximum Gasteiger partial charge on any atom is 0.297 e. The van der Waals surface area contributed by atoms with Crippen LogP contribution in [0.5, 0.6) is 11.5 Å². The Kier molecular flexibility index (Phi) is 4.52. The maximum absolute atomic E-state index is 12.2. The number of aromatic nitrogens is 1. The molecule has 5 nitrogen and oxygen atoms in total. The highest BCUT2D eigenvalue weighted by Crippen LogP contribution is 2.32. The van der Waals surface area contributed by atoms with Crippen molar-refractivity contribution in [2.45, 2.75) is 6.10 Å². The lowest BCUT2D eigenvalue weighted by Gasteiger charge is -2.16. The van der Waals surface area contributed by atoms with Gasteiger partial charge in [0.2, 0.25) is 5.75 Å². The number of aliphatic hydroxyl groups is 1. The molecular formula is C14H16ClNO4. The van der Waals surface area contributed by atoms with Gasteiger partial charge in [-0.05, 0) is 12.1 Å². The summed E-state index contributed by atoms with van der Waals surface area (Å²) >= 11 is 5.54. The zero-order valence-electron chi connectivity index (χ0n) is 11.3. The van der Waals surface area contributed by atoms with Gasteiger partial charge in [0.1, 0.15) is 12.7 Å². The summed E-state index contributed by atoms with van der Waals surface area (Å²) in [5, 5.41) is 10.2. The highest BCUT2D eigenvalue weighted by molar-refractivity contribution is 6.18. The van der Waals surface area contributed by atoms with E-state index in [1.165, 1.54) is 11.7 Å². The summed E-state index contributed by atoms with van der Waals surface area (Å²) in [6, 6.07) is 7.34. The summed E-state index contributed by atoms with van der Waals surface area (Å²) < 4.78 is 12.2. The molecule has 108 valence electrons. The highest BCUT2D eigenvalue weighted by atomic mass is 35.5. The molecule has 6 heteroatoms. The van der Waals surface area contributed by atoms with E-state index in [-0.39, 0.29) is 23.8 Å². The van der Waals surface area contributed by atoms with Crippen molar-refractivity contribution in [3.05, 3.63) is 34.6 Å². The number of pyridine rings is 1. The summed E-state index contributed by atoms with van der Waals surface area (Å²) in [6.07, 6.45) is -0.802. The van der Waals surface area contributed by atoms with Crippen molar-refractivity contribution in [3.8, 4) is 11.5 Å². The van der Waals surface area contributed by atoms with E-state index < -0.39 is 6.10 Å². The Labute approximate surface area is 121 Å². The number of fused-ring (bicyclic) bond motifs is 1. The molecule has 2 rings (SSSR count). The minimum Gasteiger partial charge on any atom is -0.488 e. The monoisotopic (exact) mass is 297 g/mol. The Bertz CT molecular complexity index is 668. The molecule has 1 unspecified atom stereocenters. The van der Waals surface area contributed by atoms with Crippen molar-refractivity contribution < 1.29 is 14.6 Å². The number of aliphatic hydroxyl groups excluding tert-OH is 1. The minimum absolute atomic E-state index is 0.00295. The average molecular weight is 298 g/mol. The molecule has 1 N–H and O–H groups in total. The van der Waals surface area contributed by atoms with Gasteiger partial charge in [0, 0.05) is 12.4 Å². The van der Waals surface area contributed by atoms with Gasteiger partial charge in [-0.2, -0.15) is 0 Å². The molecule has 0 radical (unpaired) electrons. The quantitative estimate of drug-likeness (QED) is 0.850. The number of alkyl halides is 1. The standard InChI is InChI=1S/C14H16ClNO4/c1-16-11-6-4-3-5-10(11)12(13(19-2)14(16)18)20-8-9(17)7-15/h3-6,9,17H,7-8H2,1-2H3. The first-order valence-electron chi connectivity index (χ1n) is 6.12. The van der Waals surface area contributed by atoms with Crippen LogP contribution >= 0.6 is 11.6 Å². The molecule has 2 aromatic rings. The second-order valence-corrected chi connectivity index (χ2v) is 4.67. The molecule has 20 heavy (non-hydrogen) atoms. The Hall–Kier alpha value is -1.72. The van der Waals surface area contributed by atoms with Gasteiger partial charge < -0.3 is 19.1 Å². The lowest BCUT2D eigenvalue weighted by atomic mass is 10.2. The van der Waals surface area contributed by atoms with E-state index in [4.69, 9.17) is 21.1 Å². The van der Waals surface area contributed by atoms with Gasteiger partial charge in [0.05, 0.1) is 18.5 Å². The number of hydrogen-bond acceptors (Lipinski definition) is 4.